The van der Waals surface area contributed by atoms with Gasteiger partial charge >= 0.3 is 0 Å². The number of anilines is 1. The Morgan fingerprint density at radius 3 is 2.44 bits per heavy atom. The van der Waals surface area contributed by atoms with Crippen molar-refractivity contribution in [2.24, 2.45) is 0 Å². The van der Waals surface area contributed by atoms with Crippen molar-refractivity contribution >= 4 is 33.0 Å². The highest BCUT2D eigenvalue weighted by Gasteiger charge is 2.35. The van der Waals surface area contributed by atoms with Crippen molar-refractivity contribution in [3.63, 3.8) is 0 Å². The highest BCUT2D eigenvalue weighted by atomic mass is 35.5. The normalized spacial score (nSPS) is 17.1. The molecule has 166 valence electrons. The summed E-state index contributed by atoms with van der Waals surface area (Å²) in [7, 11) is -3.39. The number of benzene rings is 2. The van der Waals surface area contributed by atoms with Crippen LogP contribution in [0, 0.1) is 6.92 Å². The van der Waals surface area contributed by atoms with Gasteiger partial charge in [-0.1, -0.05) is 60.9 Å². The van der Waals surface area contributed by atoms with Crippen molar-refractivity contribution in [2.75, 3.05) is 10.7 Å². The van der Waals surface area contributed by atoms with Gasteiger partial charge in [-0.15, -0.1) is 0 Å². The van der Waals surface area contributed by atoms with E-state index >= 15 is 0 Å². The minimum Gasteiger partial charge on any atom is -0.360 e. The molecule has 0 unspecified atom stereocenters. The Hall–Kier alpha value is -2.90. The Morgan fingerprint density at radius 2 is 1.84 bits per heavy atom. The Kier molecular flexibility index (Phi) is 5.97. The second kappa shape index (κ2) is 8.56. The molecule has 0 saturated heterocycles. The van der Waals surface area contributed by atoms with Crippen LogP contribution in [0.3, 0.4) is 0 Å². The molecule has 0 N–H and O–H groups in total. The van der Waals surface area contributed by atoms with Gasteiger partial charge in [0.25, 0.3) is 5.91 Å². The lowest BCUT2D eigenvalue weighted by Gasteiger charge is -2.28. The van der Waals surface area contributed by atoms with Crippen LogP contribution in [-0.2, 0) is 9.84 Å². The number of nitrogens with zero attached hydrogens (tertiary/aromatic N) is 2. The van der Waals surface area contributed by atoms with Crippen LogP contribution in [0.15, 0.2) is 64.5 Å². The summed E-state index contributed by atoms with van der Waals surface area (Å²) in [6.45, 7) is 5.82. The standard InChI is InChI=1S/C24H23ClN2O4S/c1-15(2)17-8-10-18(11-9-17)27(19-12-13-32(29,30)14-19)24(28)22-16(3)31-26-23(22)20-6-4-5-7-21(20)25/h4-13,15,19H,14H2,1-3H3/t19-/m0/s1. The van der Waals surface area contributed by atoms with Gasteiger partial charge in [0.1, 0.15) is 17.0 Å². The zero-order valence-electron chi connectivity index (χ0n) is 17.9. The number of aromatic nitrogens is 1. The number of hydrogen-bond donors (Lipinski definition) is 0. The summed E-state index contributed by atoms with van der Waals surface area (Å²) in [5.41, 5.74) is 2.86. The van der Waals surface area contributed by atoms with E-state index in [-0.39, 0.29) is 11.3 Å². The molecule has 2 heterocycles. The molecule has 0 spiro atoms. The van der Waals surface area contributed by atoms with E-state index in [1.807, 2.05) is 24.3 Å². The lowest BCUT2D eigenvalue weighted by molar-refractivity contribution is 0.0982. The van der Waals surface area contributed by atoms with Gasteiger partial charge in [0, 0.05) is 16.7 Å². The quantitative estimate of drug-likeness (QED) is 0.499. The molecule has 0 aliphatic carbocycles. The first-order chi connectivity index (χ1) is 15.2. The third kappa shape index (κ3) is 4.23. The number of carbonyl (C=O) groups is 1. The molecular weight excluding hydrogens is 448 g/mol. The number of rotatable bonds is 5. The maximum absolute atomic E-state index is 13.9. The topological polar surface area (TPSA) is 80.5 Å². The zero-order valence-corrected chi connectivity index (χ0v) is 19.5. The lowest BCUT2D eigenvalue weighted by Crippen LogP contribution is -2.41. The Morgan fingerprint density at radius 1 is 1.16 bits per heavy atom. The molecule has 1 amide bonds. The van der Waals surface area contributed by atoms with Gasteiger partial charge < -0.3 is 9.42 Å². The van der Waals surface area contributed by atoms with Crippen molar-refractivity contribution in [1.82, 2.24) is 5.16 Å². The van der Waals surface area contributed by atoms with Gasteiger partial charge in [0.05, 0.1) is 16.8 Å². The molecule has 0 bridgehead atoms. The molecule has 3 aromatic rings. The lowest BCUT2D eigenvalue weighted by atomic mass is 10.0. The molecule has 1 aliphatic rings. The van der Waals surface area contributed by atoms with Crippen LogP contribution in [-0.4, -0.2) is 31.3 Å². The summed E-state index contributed by atoms with van der Waals surface area (Å²) in [4.78, 5) is 15.4. The van der Waals surface area contributed by atoms with Crippen molar-refractivity contribution in [3.05, 3.63) is 81.9 Å². The van der Waals surface area contributed by atoms with Gasteiger partial charge in [-0.3, -0.25) is 4.79 Å². The van der Waals surface area contributed by atoms with Gasteiger partial charge in [-0.2, -0.15) is 0 Å². The molecule has 2 aromatic carbocycles. The van der Waals surface area contributed by atoms with Crippen LogP contribution in [0.1, 0.15) is 41.4 Å². The van der Waals surface area contributed by atoms with E-state index in [1.165, 1.54) is 4.90 Å². The van der Waals surface area contributed by atoms with E-state index in [2.05, 4.69) is 19.0 Å². The number of halogens is 1. The summed E-state index contributed by atoms with van der Waals surface area (Å²) in [5.74, 6) is 0.0736. The average molecular weight is 471 g/mol. The first kappa shape index (κ1) is 22.3. The molecule has 1 aliphatic heterocycles. The van der Waals surface area contributed by atoms with Crippen molar-refractivity contribution in [2.45, 2.75) is 32.7 Å². The van der Waals surface area contributed by atoms with Crippen LogP contribution in [0.25, 0.3) is 11.3 Å². The first-order valence-electron chi connectivity index (χ1n) is 10.2. The van der Waals surface area contributed by atoms with Crippen LogP contribution < -0.4 is 4.90 Å². The zero-order chi connectivity index (χ0) is 23.0. The smallest absolute Gasteiger partial charge is 0.264 e. The number of aryl methyl sites for hydroxylation is 1. The number of amides is 1. The summed E-state index contributed by atoms with van der Waals surface area (Å²) in [5, 5.41) is 5.69. The first-order valence-corrected chi connectivity index (χ1v) is 12.3. The van der Waals surface area contributed by atoms with E-state index in [1.54, 1.807) is 37.3 Å². The van der Waals surface area contributed by atoms with E-state index < -0.39 is 21.8 Å². The third-order valence-corrected chi connectivity index (χ3v) is 7.21. The monoisotopic (exact) mass is 470 g/mol. The van der Waals surface area contributed by atoms with E-state index in [4.69, 9.17) is 16.1 Å². The minimum atomic E-state index is -3.39. The van der Waals surface area contributed by atoms with Crippen LogP contribution in [0.4, 0.5) is 5.69 Å². The SMILES string of the molecule is Cc1onc(-c2ccccc2Cl)c1C(=O)N(c1ccc(C(C)C)cc1)[C@H]1C=CS(=O)(=O)C1. The maximum atomic E-state index is 13.9. The largest absolute Gasteiger partial charge is 0.360 e. The number of carbonyl (C=O) groups excluding carboxylic acids is 1. The molecule has 1 atom stereocenters. The molecular formula is C24H23ClN2O4S. The molecule has 4 rings (SSSR count). The molecule has 6 nitrogen and oxygen atoms in total. The predicted molar refractivity (Wildman–Crippen MR) is 126 cm³/mol. The van der Waals surface area contributed by atoms with Crippen LogP contribution in [0.2, 0.25) is 5.02 Å². The average Bonchev–Trinajstić information content (AvgIpc) is 3.30. The second-order valence-corrected chi connectivity index (χ2v) is 10.4. The van der Waals surface area contributed by atoms with Crippen molar-refractivity contribution < 1.29 is 17.7 Å². The summed E-state index contributed by atoms with van der Waals surface area (Å²) < 4.78 is 29.7. The van der Waals surface area contributed by atoms with Crippen LogP contribution in [0.5, 0.6) is 0 Å². The van der Waals surface area contributed by atoms with E-state index in [0.717, 1.165) is 11.0 Å². The fourth-order valence-corrected chi connectivity index (χ4v) is 5.27. The molecule has 32 heavy (non-hydrogen) atoms. The number of hydrogen-bond acceptors (Lipinski definition) is 5. The maximum Gasteiger partial charge on any atom is 0.264 e. The number of sulfone groups is 1. The predicted octanol–water partition coefficient (Wildman–Crippen LogP) is 5.38. The highest BCUT2D eigenvalue weighted by Crippen LogP contribution is 2.34. The minimum absolute atomic E-state index is 0.184. The van der Waals surface area contributed by atoms with Crippen molar-refractivity contribution in [1.29, 1.82) is 0 Å². The fraction of sp³-hybridized carbons (Fsp3) is 0.250. The summed E-state index contributed by atoms with van der Waals surface area (Å²) in [6.07, 6.45) is 1.54. The Bertz CT molecular complexity index is 1290. The van der Waals surface area contributed by atoms with Gasteiger partial charge in [0.2, 0.25) is 0 Å². The second-order valence-electron chi connectivity index (χ2n) is 8.09. The summed E-state index contributed by atoms with van der Waals surface area (Å²) >= 11 is 6.36. The molecule has 1 aromatic heterocycles. The molecule has 0 radical (unpaired) electrons. The highest BCUT2D eigenvalue weighted by molar-refractivity contribution is 7.94. The Balaban J connectivity index is 1.83. The molecule has 8 heteroatoms. The van der Waals surface area contributed by atoms with E-state index in [9.17, 15) is 13.2 Å². The van der Waals surface area contributed by atoms with Crippen molar-refractivity contribution in [3.8, 4) is 11.3 Å². The van der Waals surface area contributed by atoms with E-state index in [0.29, 0.717) is 33.6 Å². The van der Waals surface area contributed by atoms with Gasteiger partial charge in [-0.05, 0) is 42.7 Å². The van der Waals surface area contributed by atoms with Crippen LogP contribution >= 0.6 is 11.6 Å². The summed E-state index contributed by atoms with van der Waals surface area (Å²) in [6, 6.07) is 14.0. The Labute approximate surface area is 192 Å². The molecule has 0 fully saturated rings. The van der Waals surface area contributed by atoms with Gasteiger partial charge in [-0.25, -0.2) is 8.42 Å². The van der Waals surface area contributed by atoms with Gasteiger partial charge in [0.15, 0.2) is 9.84 Å². The molecule has 0 saturated carbocycles. The third-order valence-electron chi connectivity index (χ3n) is 5.51. The fourth-order valence-electron chi connectivity index (χ4n) is 3.78.